The summed E-state index contributed by atoms with van der Waals surface area (Å²) in [6.45, 7) is 1.44. The van der Waals surface area contributed by atoms with Crippen molar-refractivity contribution in [3.63, 3.8) is 0 Å². The molecule has 2 rings (SSSR count). The molecule has 22 heavy (non-hydrogen) atoms. The summed E-state index contributed by atoms with van der Waals surface area (Å²) in [5.41, 5.74) is -0.313. The number of nitrogens with zero attached hydrogens (tertiary/aromatic N) is 4. The molecule has 1 amide bonds. The van der Waals surface area contributed by atoms with Crippen molar-refractivity contribution in [3.05, 3.63) is 34.0 Å². The lowest BCUT2D eigenvalue weighted by Crippen LogP contribution is -2.30. The van der Waals surface area contributed by atoms with Gasteiger partial charge in [-0.2, -0.15) is 13.2 Å². The predicted molar refractivity (Wildman–Crippen MR) is 67.9 cm³/mol. The molecule has 1 atom stereocenters. The van der Waals surface area contributed by atoms with E-state index in [0.29, 0.717) is 0 Å². The molecule has 2 aromatic rings. The monoisotopic (exact) mass is 318 g/mol. The van der Waals surface area contributed by atoms with Crippen LogP contribution >= 0.6 is 0 Å². The van der Waals surface area contributed by atoms with E-state index < -0.39 is 29.6 Å². The first-order valence-corrected chi connectivity index (χ1v) is 6.14. The number of halogens is 3. The summed E-state index contributed by atoms with van der Waals surface area (Å²) in [6.07, 6.45) is -3.34. The number of aromatic nitrogens is 5. The summed E-state index contributed by atoms with van der Waals surface area (Å²) in [7, 11) is 2.90. The molecule has 1 unspecified atom stereocenters. The van der Waals surface area contributed by atoms with Gasteiger partial charge < -0.3 is 9.88 Å². The van der Waals surface area contributed by atoms with E-state index in [2.05, 4.69) is 20.5 Å². The van der Waals surface area contributed by atoms with Gasteiger partial charge >= 0.3 is 11.9 Å². The molecule has 0 radical (unpaired) electrons. The molecule has 0 spiro atoms. The summed E-state index contributed by atoms with van der Waals surface area (Å²) < 4.78 is 39.6. The Kier molecular flexibility index (Phi) is 3.81. The standard InChI is InChI=1S/C11H13F3N6O2/c1-5(7-16-9(18-17-7)11(12,13)14)15-8(21)6-4-19(2)10(22)20(6)3/h4-5H,1-3H3,(H,15,21)(H,16,17,18). The molecule has 0 aliphatic heterocycles. The second-order valence-corrected chi connectivity index (χ2v) is 4.70. The van der Waals surface area contributed by atoms with Crippen LogP contribution in [0.2, 0.25) is 0 Å². The van der Waals surface area contributed by atoms with Crippen molar-refractivity contribution in [3.8, 4) is 0 Å². The molecule has 2 heterocycles. The van der Waals surface area contributed by atoms with Crippen molar-refractivity contribution in [2.45, 2.75) is 19.1 Å². The summed E-state index contributed by atoms with van der Waals surface area (Å²) in [6, 6.07) is -0.841. The van der Waals surface area contributed by atoms with E-state index in [1.807, 2.05) is 0 Å². The first-order valence-electron chi connectivity index (χ1n) is 6.14. The number of aromatic amines is 1. The Balaban J connectivity index is 2.16. The molecule has 0 aliphatic rings. The first-order chi connectivity index (χ1) is 10.1. The Morgan fingerprint density at radius 2 is 2.05 bits per heavy atom. The van der Waals surface area contributed by atoms with Gasteiger partial charge in [-0.05, 0) is 6.92 Å². The predicted octanol–water partition coefficient (Wildman–Crippen LogP) is 0.352. The van der Waals surface area contributed by atoms with E-state index in [4.69, 9.17) is 0 Å². The fraction of sp³-hybridized carbons (Fsp3) is 0.455. The van der Waals surface area contributed by atoms with Gasteiger partial charge in [-0.15, -0.1) is 5.10 Å². The highest BCUT2D eigenvalue weighted by Crippen LogP contribution is 2.26. The number of carbonyl (C=O) groups is 1. The first kappa shape index (κ1) is 15.8. The molecular weight excluding hydrogens is 305 g/mol. The van der Waals surface area contributed by atoms with Crippen LogP contribution in [0, 0.1) is 0 Å². The quantitative estimate of drug-likeness (QED) is 0.853. The SMILES string of the molecule is CC(NC(=O)c1cn(C)c(=O)n1C)c1nc(C(F)(F)F)n[nH]1. The van der Waals surface area contributed by atoms with Crippen LogP contribution in [-0.4, -0.2) is 30.2 Å². The Hall–Kier alpha value is -2.59. The molecule has 0 aliphatic carbocycles. The highest BCUT2D eigenvalue weighted by Gasteiger charge is 2.36. The van der Waals surface area contributed by atoms with E-state index in [9.17, 15) is 22.8 Å². The average molecular weight is 318 g/mol. The number of alkyl halides is 3. The number of hydrogen-bond acceptors (Lipinski definition) is 4. The number of amides is 1. The normalized spacial score (nSPS) is 13.2. The molecule has 0 bridgehead atoms. The van der Waals surface area contributed by atoms with Crippen molar-refractivity contribution >= 4 is 5.91 Å². The summed E-state index contributed by atoms with van der Waals surface area (Å²) in [4.78, 5) is 26.9. The third kappa shape index (κ3) is 2.87. The molecule has 11 heteroatoms. The van der Waals surface area contributed by atoms with Gasteiger partial charge in [0.1, 0.15) is 11.5 Å². The second-order valence-electron chi connectivity index (χ2n) is 4.70. The smallest absolute Gasteiger partial charge is 0.341 e. The van der Waals surface area contributed by atoms with Crippen molar-refractivity contribution < 1.29 is 18.0 Å². The zero-order chi connectivity index (χ0) is 16.7. The molecule has 0 saturated carbocycles. The Labute approximate surface area is 122 Å². The van der Waals surface area contributed by atoms with Crippen LogP contribution in [0.5, 0.6) is 0 Å². The zero-order valence-corrected chi connectivity index (χ0v) is 11.9. The minimum absolute atomic E-state index is 0.0786. The van der Waals surface area contributed by atoms with E-state index in [1.54, 1.807) is 0 Å². The van der Waals surface area contributed by atoms with Crippen LogP contribution in [0.4, 0.5) is 13.2 Å². The second kappa shape index (κ2) is 5.31. The third-order valence-corrected chi connectivity index (χ3v) is 3.01. The molecule has 8 nitrogen and oxygen atoms in total. The van der Waals surface area contributed by atoms with Crippen LogP contribution in [0.3, 0.4) is 0 Å². The molecule has 2 aromatic heterocycles. The van der Waals surface area contributed by atoms with Gasteiger partial charge in [0, 0.05) is 20.3 Å². The van der Waals surface area contributed by atoms with Gasteiger partial charge in [-0.25, -0.2) is 9.78 Å². The number of H-pyrrole nitrogens is 1. The molecular formula is C11H13F3N6O2. The fourth-order valence-electron chi connectivity index (χ4n) is 1.81. The molecule has 0 saturated heterocycles. The highest BCUT2D eigenvalue weighted by molar-refractivity contribution is 5.92. The maximum Gasteiger partial charge on any atom is 0.453 e. The lowest BCUT2D eigenvalue weighted by Gasteiger charge is -2.10. The maximum absolute atomic E-state index is 12.4. The third-order valence-electron chi connectivity index (χ3n) is 3.01. The van der Waals surface area contributed by atoms with Crippen molar-refractivity contribution in [2.24, 2.45) is 14.1 Å². The van der Waals surface area contributed by atoms with Gasteiger partial charge in [-0.3, -0.25) is 14.5 Å². The highest BCUT2D eigenvalue weighted by atomic mass is 19.4. The number of aryl methyl sites for hydroxylation is 1. The lowest BCUT2D eigenvalue weighted by atomic mass is 10.3. The number of rotatable bonds is 3. The van der Waals surface area contributed by atoms with Crippen LogP contribution in [0.15, 0.2) is 11.0 Å². The number of nitrogens with one attached hydrogen (secondary N) is 2. The molecule has 0 aromatic carbocycles. The summed E-state index contributed by atoms with van der Waals surface area (Å²) in [5.74, 6) is -2.06. The lowest BCUT2D eigenvalue weighted by molar-refractivity contribution is -0.144. The van der Waals surface area contributed by atoms with E-state index in [1.165, 1.54) is 31.8 Å². The summed E-state index contributed by atoms with van der Waals surface area (Å²) in [5, 5.41) is 7.63. The fourth-order valence-corrected chi connectivity index (χ4v) is 1.81. The Morgan fingerprint density at radius 3 is 2.50 bits per heavy atom. The van der Waals surface area contributed by atoms with Gasteiger partial charge in [0.2, 0.25) is 0 Å². The number of hydrogen-bond donors (Lipinski definition) is 2. The maximum atomic E-state index is 12.4. The Morgan fingerprint density at radius 1 is 1.41 bits per heavy atom. The van der Waals surface area contributed by atoms with Crippen molar-refractivity contribution in [2.75, 3.05) is 0 Å². The van der Waals surface area contributed by atoms with Crippen LogP contribution < -0.4 is 11.0 Å². The van der Waals surface area contributed by atoms with Crippen molar-refractivity contribution in [1.82, 2.24) is 29.6 Å². The largest absolute Gasteiger partial charge is 0.453 e. The molecule has 0 fully saturated rings. The van der Waals surface area contributed by atoms with Gasteiger partial charge in [0.05, 0.1) is 6.04 Å². The summed E-state index contributed by atoms with van der Waals surface area (Å²) >= 11 is 0. The van der Waals surface area contributed by atoms with Crippen molar-refractivity contribution in [1.29, 1.82) is 0 Å². The van der Waals surface area contributed by atoms with Gasteiger partial charge in [-0.1, -0.05) is 0 Å². The molecule has 120 valence electrons. The van der Waals surface area contributed by atoms with Gasteiger partial charge in [0.15, 0.2) is 0 Å². The van der Waals surface area contributed by atoms with E-state index in [-0.39, 0.29) is 11.5 Å². The van der Waals surface area contributed by atoms with Crippen LogP contribution in [0.25, 0.3) is 0 Å². The van der Waals surface area contributed by atoms with Crippen LogP contribution in [-0.2, 0) is 20.3 Å². The van der Waals surface area contributed by atoms with Crippen LogP contribution in [0.1, 0.15) is 35.1 Å². The minimum atomic E-state index is -4.66. The number of carbonyl (C=O) groups excluding carboxylic acids is 1. The number of imidazole rings is 1. The van der Waals surface area contributed by atoms with E-state index in [0.717, 1.165) is 4.57 Å². The average Bonchev–Trinajstić information content (AvgIpc) is 3.00. The Bertz CT molecular complexity index is 757. The van der Waals surface area contributed by atoms with E-state index >= 15 is 0 Å². The minimum Gasteiger partial charge on any atom is -0.341 e. The topological polar surface area (TPSA) is 97.6 Å². The van der Waals surface area contributed by atoms with Gasteiger partial charge in [0.25, 0.3) is 11.7 Å². The molecule has 2 N–H and O–H groups in total. The zero-order valence-electron chi connectivity index (χ0n) is 11.9.